The molecule has 1 rings (SSSR count). The SMILES string of the molecule is CCOC(=O)c1ccc(CCC=O)cc1CC#N. The van der Waals surface area contributed by atoms with Crippen molar-refractivity contribution >= 4 is 12.3 Å². The van der Waals surface area contributed by atoms with E-state index in [0.29, 0.717) is 30.6 Å². The highest BCUT2D eigenvalue weighted by molar-refractivity contribution is 5.91. The van der Waals surface area contributed by atoms with Gasteiger partial charge in [-0.2, -0.15) is 5.26 Å². The Morgan fingerprint density at radius 2 is 2.28 bits per heavy atom. The number of esters is 1. The number of hydrogen-bond donors (Lipinski definition) is 0. The third kappa shape index (κ3) is 3.70. The number of aryl methyl sites for hydroxylation is 1. The van der Waals surface area contributed by atoms with E-state index in [2.05, 4.69) is 0 Å². The summed E-state index contributed by atoms with van der Waals surface area (Å²) in [5.41, 5.74) is 2.02. The molecule has 0 aliphatic rings. The molecule has 0 aliphatic heterocycles. The summed E-state index contributed by atoms with van der Waals surface area (Å²) in [6, 6.07) is 7.26. The minimum absolute atomic E-state index is 0.156. The molecule has 0 atom stereocenters. The van der Waals surface area contributed by atoms with E-state index in [9.17, 15) is 9.59 Å². The average Bonchev–Trinajstić information content (AvgIpc) is 2.37. The van der Waals surface area contributed by atoms with Crippen LogP contribution in [0.15, 0.2) is 18.2 Å². The highest BCUT2D eigenvalue weighted by atomic mass is 16.5. The Morgan fingerprint density at radius 1 is 1.50 bits per heavy atom. The van der Waals surface area contributed by atoms with Gasteiger partial charge in [-0.15, -0.1) is 0 Å². The fourth-order valence-corrected chi connectivity index (χ4v) is 1.67. The first-order valence-electron chi connectivity index (χ1n) is 5.82. The molecular weight excluding hydrogens is 230 g/mol. The molecule has 94 valence electrons. The molecule has 0 N–H and O–H groups in total. The molecule has 1 aromatic rings. The highest BCUT2D eigenvalue weighted by Gasteiger charge is 2.12. The number of rotatable bonds is 6. The third-order valence-corrected chi connectivity index (χ3v) is 2.49. The number of benzene rings is 1. The second-order valence-corrected chi connectivity index (χ2v) is 3.75. The van der Waals surface area contributed by atoms with Gasteiger partial charge < -0.3 is 9.53 Å². The standard InChI is InChI=1S/C14H15NO3/c1-2-18-14(17)13-6-5-11(4-3-9-16)10-12(13)7-8-15/h5-6,9-10H,2-4,7H2,1H3. The summed E-state index contributed by atoms with van der Waals surface area (Å²) in [7, 11) is 0. The van der Waals surface area contributed by atoms with E-state index in [1.54, 1.807) is 25.1 Å². The summed E-state index contributed by atoms with van der Waals surface area (Å²) in [5.74, 6) is -0.412. The van der Waals surface area contributed by atoms with Crippen LogP contribution in [0.1, 0.15) is 34.8 Å². The predicted molar refractivity (Wildman–Crippen MR) is 66.1 cm³/mol. The van der Waals surface area contributed by atoms with Crippen LogP contribution in [0.3, 0.4) is 0 Å². The van der Waals surface area contributed by atoms with Gasteiger partial charge in [0.05, 0.1) is 24.7 Å². The molecule has 0 saturated carbocycles. The van der Waals surface area contributed by atoms with Crippen molar-refractivity contribution in [1.29, 1.82) is 5.26 Å². The van der Waals surface area contributed by atoms with Crippen molar-refractivity contribution in [1.82, 2.24) is 0 Å². The molecule has 0 amide bonds. The molecule has 0 aliphatic carbocycles. The molecule has 0 radical (unpaired) electrons. The Balaban J connectivity index is 3.00. The quantitative estimate of drug-likeness (QED) is 0.568. The number of ether oxygens (including phenoxy) is 1. The summed E-state index contributed by atoms with van der Waals surface area (Å²) in [6.07, 6.45) is 2.06. The Labute approximate surface area is 106 Å². The van der Waals surface area contributed by atoms with Gasteiger partial charge in [-0.1, -0.05) is 12.1 Å². The van der Waals surface area contributed by atoms with Crippen LogP contribution in [0.2, 0.25) is 0 Å². The van der Waals surface area contributed by atoms with E-state index in [1.165, 1.54) is 0 Å². The summed E-state index contributed by atoms with van der Waals surface area (Å²) in [5, 5.41) is 8.76. The van der Waals surface area contributed by atoms with Crippen molar-refractivity contribution in [2.45, 2.75) is 26.2 Å². The van der Waals surface area contributed by atoms with Crippen LogP contribution >= 0.6 is 0 Å². The topological polar surface area (TPSA) is 67.2 Å². The summed E-state index contributed by atoms with van der Waals surface area (Å²) in [4.78, 5) is 22.0. The number of nitriles is 1. The Morgan fingerprint density at radius 3 is 2.89 bits per heavy atom. The fourth-order valence-electron chi connectivity index (χ4n) is 1.67. The smallest absolute Gasteiger partial charge is 0.338 e. The average molecular weight is 245 g/mol. The van der Waals surface area contributed by atoms with E-state index in [1.807, 2.05) is 6.07 Å². The van der Waals surface area contributed by atoms with Crippen LogP contribution in [-0.4, -0.2) is 18.9 Å². The maximum atomic E-state index is 11.7. The van der Waals surface area contributed by atoms with Crippen molar-refractivity contribution in [2.24, 2.45) is 0 Å². The zero-order chi connectivity index (χ0) is 13.4. The largest absolute Gasteiger partial charge is 0.462 e. The van der Waals surface area contributed by atoms with Gasteiger partial charge in [0.2, 0.25) is 0 Å². The minimum atomic E-state index is -0.412. The number of carbonyl (C=O) groups is 2. The molecule has 0 saturated heterocycles. The van der Waals surface area contributed by atoms with E-state index >= 15 is 0 Å². The Hall–Kier alpha value is -2.15. The predicted octanol–water partition coefficient (Wildman–Crippen LogP) is 2.06. The Kier molecular flexibility index (Phi) is 5.59. The van der Waals surface area contributed by atoms with Crippen LogP contribution in [0.5, 0.6) is 0 Å². The minimum Gasteiger partial charge on any atom is -0.462 e. The van der Waals surface area contributed by atoms with E-state index < -0.39 is 5.97 Å². The number of aldehydes is 1. The summed E-state index contributed by atoms with van der Waals surface area (Å²) >= 11 is 0. The van der Waals surface area contributed by atoms with Crippen molar-refractivity contribution in [2.75, 3.05) is 6.61 Å². The lowest BCUT2D eigenvalue weighted by Gasteiger charge is -2.08. The lowest BCUT2D eigenvalue weighted by Crippen LogP contribution is -2.08. The van der Waals surface area contributed by atoms with Crippen LogP contribution in [0.25, 0.3) is 0 Å². The summed E-state index contributed by atoms with van der Waals surface area (Å²) in [6.45, 7) is 2.04. The molecule has 18 heavy (non-hydrogen) atoms. The first-order chi connectivity index (χ1) is 8.72. The number of nitrogens with zero attached hydrogens (tertiary/aromatic N) is 1. The molecule has 0 spiro atoms. The maximum absolute atomic E-state index is 11.7. The van der Waals surface area contributed by atoms with E-state index in [-0.39, 0.29) is 6.42 Å². The molecule has 0 bridgehead atoms. The van der Waals surface area contributed by atoms with Gasteiger partial charge in [0.15, 0.2) is 0 Å². The zero-order valence-corrected chi connectivity index (χ0v) is 10.3. The number of carbonyl (C=O) groups excluding carboxylic acids is 2. The van der Waals surface area contributed by atoms with Gasteiger partial charge in [-0.05, 0) is 30.5 Å². The molecule has 4 heteroatoms. The van der Waals surface area contributed by atoms with Gasteiger partial charge in [0.25, 0.3) is 0 Å². The van der Waals surface area contributed by atoms with E-state index in [0.717, 1.165) is 11.8 Å². The van der Waals surface area contributed by atoms with E-state index in [4.69, 9.17) is 10.00 Å². The van der Waals surface area contributed by atoms with Crippen LogP contribution in [0, 0.1) is 11.3 Å². The summed E-state index contributed by atoms with van der Waals surface area (Å²) < 4.78 is 4.93. The monoisotopic (exact) mass is 245 g/mol. The molecular formula is C14H15NO3. The normalized spacial score (nSPS) is 9.56. The highest BCUT2D eigenvalue weighted by Crippen LogP contribution is 2.15. The van der Waals surface area contributed by atoms with Crippen LogP contribution in [0.4, 0.5) is 0 Å². The van der Waals surface area contributed by atoms with Gasteiger partial charge in [0.1, 0.15) is 6.29 Å². The van der Waals surface area contributed by atoms with Gasteiger partial charge in [0, 0.05) is 6.42 Å². The molecule has 0 unspecified atom stereocenters. The Bertz CT molecular complexity index is 474. The second kappa shape index (κ2) is 7.23. The maximum Gasteiger partial charge on any atom is 0.338 e. The second-order valence-electron chi connectivity index (χ2n) is 3.75. The van der Waals surface area contributed by atoms with Gasteiger partial charge >= 0.3 is 5.97 Å². The van der Waals surface area contributed by atoms with Crippen LogP contribution in [-0.2, 0) is 22.4 Å². The first kappa shape index (κ1) is 13.9. The van der Waals surface area contributed by atoms with Crippen molar-refractivity contribution in [3.8, 4) is 6.07 Å². The lowest BCUT2D eigenvalue weighted by atomic mass is 9.99. The zero-order valence-electron chi connectivity index (χ0n) is 10.3. The van der Waals surface area contributed by atoms with Crippen molar-refractivity contribution in [3.63, 3.8) is 0 Å². The molecule has 4 nitrogen and oxygen atoms in total. The fraction of sp³-hybridized carbons (Fsp3) is 0.357. The molecule has 0 fully saturated rings. The lowest BCUT2D eigenvalue weighted by molar-refractivity contribution is -0.107. The van der Waals surface area contributed by atoms with Crippen molar-refractivity contribution in [3.05, 3.63) is 34.9 Å². The van der Waals surface area contributed by atoms with Gasteiger partial charge in [-0.25, -0.2) is 4.79 Å². The third-order valence-electron chi connectivity index (χ3n) is 2.49. The van der Waals surface area contributed by atoms with Crippen molar-refractivity contribution < 1.29 is 14.3 Å². The number of hydrogen-bond acceptors (Lipinski definition) is 4. The molecule has 1 aromatic carbocycles. The van der Waals surface area contributed by atoms with Crippen LogP contribution < -0.4 is 0 Å². The first-order valence-corrected chi connectivity index (χ1v) is 5.82. The van der Waals surface area contributed by atoms with Gasteiger partial charge in [-0.3, -0.25) is 0 Å². The molecule has 0 heterocycles. The molecule has 0 aromatic heterocycles.